The first-order valence-electron chi connectivity index (χ1n) is 9.89. The zero-order valence-corrected chi connectivity index (χ0v) is 16.6. The third kappa shape index (κ3) is 5.21. The highest BCUT2D eigenvalue weighted by molar-refractivity contribution is 5.82. The molecule has 2 aromatic carbocycles. The third-order valence-corrected chi connectivity index (χ3v) is 4.87. The number of hydrogen-bond acceptors (Lipinski definition) is 6. The molecule has 31 heavy (non-hydrogen) atoms. The fourth-order valence-electron chi connectivity index (χ4n) is 3.04. The van der Waals surface area contributed by atoms with Crippen molar-refractivity contribution in [1.82, 2.24) is 9.97 Å². The molecule has 0 radical (unpaired) electrons. The average Bonchev–Trinajstić information content (AvgIpc) is 3.60. The topological polar surface area (TPSA) is 103 Å². The van der Waals surface area contributed by atoms with Crippen LogP contribution in [0.25, 0.3) is 11.3 Å². The highest BCUT2D eigenvalue weighted by Gasteiger charge is 2.21. The number of nitriles is 1. The molecule has 1 aliphatic rings. The van der Waals surface area contributed by atoms with Crippen molar-refractivity contribution in [1.29, 1.82) is 5.26 Å². The van der Waals surface area contributed by atoms with Crippen molar-refractivity contribution >= 4 is 12.2 Å². The van der Waals surface area contributed by atoms with Crippen LogP contribution in [-0.2, 0) is 11.3 Å². The quantitative estimate of drug-likeness (QED) is 0.428. The molecule has 1 saturated carbocycles. The van der Waals surface area contributed by atoms with Crippen LogP contribution in [-0.4, -0.2) is 22.8 Å². The van der Waals surface area contributed by atoms with Gasteiger partial charge in [-0.25, -0.2) is 14.8 Å². The number of ether oxygens (including phenoxy) is 1. The number of rotatable bonds is 8. The summed E-state index contributed by atoms with van der Waals surface area (Å²) in [6, 6.07) is 15.2. The van der Waals surface area contributed by atoms with E-state index in [1.807, 2.05) is 12.1 Å². The summed E-state index contributed by atoms with van der Waals surface area (Å²) in [7, 11) is 0. The molecule has 0 spiro atoms. The lowest BCUT2D eigenvalue weighted by Gasteiger charge is -2.08. The maximum absolute atomic E-state index is 13.7. The predicted molar refractivity (Wildman–Crippen MR) is 115 cm³/mol. The summed E-state index contributed by atoms with van der Waals surface area (Å²) in [6.07, 6.45) is 3.87. The first-order chi connectivity index (χ1) is 15.1. The SMILES string of the molecule is N#Cc1c(-c2ccccc2)nc(NN=Cc2ccc(F)cc2COCC2CC2)[nH]c1=O. The van der Waals surface area contributed by atoms with Gasteiger partial charge in [-0.2, -0.15) is 10.4 Å². The number of H-pyrrole nitrogens is 1. The second kappa shape index (κ2) is 9.32. The molecule has 0 atom stereocenters. The van der Waals surface area contributed by atoms with Gasteiger partial charge in [0.2, 0.25) is 5.95 Å². The fraction of sp³-hybridized carbons (Fsp3) is 0.217. The number of hydrazone groups is 1. The Labute approximate surface area is 178 Å². The Hall–Kier alpha value is -3.83. The maximum Gasteiger partial charge on any atom is 0.270 e. The molecule has 1 heterocycles. The van der Waals surface area contributed by atoms with Gasteiger partial charge in [-0.3, -0.25) is 9.78 Å². The first kappa shape index (κ1) is 20.4. The zero-order chi connectivity index (χ0) is 21.6. The minimum Gasteiger partial charge on any atom is -0.376 e. The van der Waals surface area contributed by atoms with E-state index in [1.165, 1.54) is 31.2 Å². The lowest BCUT2D eigenvalue weighted by Crippen LogP contribution is -2.16. The van der Waals surface area contributed by atoms with Crippen molar-refractivity contribution in [3.8, 4) is 17.3 Å². The van der Waals surface area contributed by atoms with Crippen molar-refractivity contribution in [3.05, 3.63) is 81.4 Å². The van der Waals surface area contributed by atoms with Crippen LogP contribution in [0.4, 0.5) is 10.3 Å². The van der Waals surface area contributed by atoms with Crippen molar-refractivity contribution < 1.29 is 9.13 Å². The maximum atomic E-state index is 13.7. The second-order valence-corrected chi connectivity index (χ2v) is 7.29. The van der Waals surface area contributed by atoms with E-state index in [-0.39, 0.29) is 23.0 Å². The van der Waals surface area contributed by atoms with Gasteiger partial charge in [0.05, 0.1) is 18.5 Å². The molecule has 156 valence electrons. The van der Waals surface area contributed by atoms with Gasteiger partial charge >= 0.3 is 0 Å². The van der Waals surface area contributed by atoms with Crippen molar-refractivity contribution in [3.63, 3.8) is 0 Å². The first-order valence-corrected chi connectivity index (χ1v) is 9.89. The van der Waals surface area contributed by atoms with Crippen LogP contribution in [0.3, 0.4) is 0 Å². The van der Waals surface area contributed by atoms with E-state index in [2.05, 4.69) is 20.5 Å². The average molecular weight is 417 g/mol. The summed E-state index contributed by atoms with van der Waals surface area (Å²) >= 11 is 0. The molecule has 1 fully saturated rings. The van der Waals surface area contributed by atoms with Crippen LogP contribution in [0.1, 0.15) is 29.5 Å². The fourth-order valence-corrected chi connectivity index (χ4v) is 3.04. The highest BCUT2D eigenvalue weighted by atomic mass is 19.1. The Morgan fingerprint density at radius 1 is 1.29 bits per heavy atom. The number of halogens is 1. The molecule has 8 heteroatoms. The minimum atomic E-state index is -0.565. The van der Waals surface area contributed by atoms with Crippen LogP contribution in [0.2, 0.25) is 0 Å². The summed E-state index contributed by atoms with van der Waals surface area (Å²) in [5.41, 5.74) is 4.31. The van der Waals surface area contributed by atoms with Crippen LogP contribution in [0, 0.1) is 23.1 Å². The van der Waals surface area contributed by atoms with Gasteiger partial charge < -0.3 is 4.74 Å². The number of nitrogens with zero attached hydrogens (tertiary/aromatic N) is 3. The van der Waals surface area contributed by atoms with E-state index in [0.717, 1.165) is 0 Å². The molecule has 0 unspecified atom stereocenters. The number of benzene rings is 2. The van der Waals surface area contributed by atoms with Gasteiger partial charge in [0.15, 0.2) is 0 Å². The third-order valence-electron chi connectivity index (χ3n) is 4.87. The molecular weight excluding hydrogens is 397 g/mol. The second-order valence-electron chi connectivity index (χ2n) is 7.29. The molecule has 0 amide bonds. The molecule has 1 aliphatic carbocycles. The molecule has 0 aliphatic heterocycles. The lowest BCUT2D eigenvalue weighted by atomic mass is 10.1. The highest BCUT2D eigenvalue weighted by Crippen LogP contribution is 2.29. The Morgan fingerprint density at radius 2 is 2.10 bits per heavy atom. The monoisotopic (exact) mass is 417 g/mol. The normalized spacial score (nSPS) is 13.3. The summed E-state index contributed by atoms with van der Waals surface area (Å²) in [6.45, 7) is 0.962. The summed E-state index contributed by atoms with van der Waals surface area (Å²) in [5, 5.41) is 13.5. The van der Waals surface area contributed by atoms with Gasteiger partial charge in [-0.1, -0.05) is 36.4 Å². The number of aromatic nitrogens is 2. The van der Waals surface area contributed by atoms with Crippen LogP contribution < -0.4 is 11.0 Å². The van der Waals surface area contributed by atoms with Gasteiger partial charge in [0, 0.05) is 17.7 Å². The van der Waals surface area contributed by atoms with Gasteiger partial charge in [0.1, 0.15) is 17.4 Å². The number of nitrogens with one attached hydrogen (secondary N) is 2. The smallest absolute Gasteiger partial charge is 0.270 e. The molecule has 1 aromatic heterocycles. The Kier molecular flexibility index (Phi) is 6.15. The van der Waals surface area contributed by atoms with E-state index >= 15 is 0 Å². The largest absolute Gasteiger partial charge is 0.376 e. The number of anilines is 1. The van der Waals surface area contributed by atoms with Crippen molar-refractivity contribution in [2.24, 2.45) is 11.0 Å². The van der Waals surface area contributed by atoms with Crippen LogP contribution >= 0.6 is 0 Å². The summed E-state index contributed by atoms with van der Waals surface area (Å²) in [4.78, 5) is 19.1. The Balaban J connectivity index is 1.53. The minimum absolute atomic E-state index is 0.0747. The van der Waals surface area contributed by atoms with E-state index in [1.54, 1.807) is 30.3 Å². The lowest BCUT2D eigenvalue weighted by molar-refractivity contribution is 0.111. The summed E-state index contributed by atoms with van der Waals surface area (Å²) < 4.78 is 19.3. The van der Waals surface area contributed by atoms with E-state index in [0.29, 0.717) is 35.8 Å². The molecule has 7 nitrogen and oxygen atoms in total. The van der Waals surface area contributed by atoms with E-state index in [4.69, 9.17) is 4.74 Å². The summed E-state index contributed by atoms with van der Waals surface area (Å²) in [5.74, 6) is 0.360. The van der Waals surface area contributed by atoms with Crippen molar-refractivity contribution in [2.75, 3.05) is 12.0 Å². The molecule has 4 rings (SSSR count). The Morgan fingerprint density at radius 3 is 2.84 bits per heavy atom. The standard InChI is InChI=1S/C23H20FN5O2/c24-19-9-8-17(18(10-19)14-31-13-15-6-7-15)12-26-29-23-27-21(16-4-2-1-3-5-16)20(11-25)22(30)28-23/h1-5,8-10,12,15H,6-7,13-14H2,(H2,27,28,29,30). The van der Waals surface area contributed by atoms with Crippen LogP contribution in [0.15, 0.2) is 58.4 Å². The molecular formula is C23H20FN5O2. The van der Waals surface area contributed by atoms with Gasteiger partial charge in [-0.15, -0.1) is 0 Å². The van der Waals surface area contributed by atoms with E-state index in [9.17, 15) is 14.4 Å². The van der Waals surface area contributed by atoms with Gasteiger partial charge in [0.25, 0.3) is 5.56 Å². The molecule has 2 N–H and O–H groups in total. The van der Waals surface area contributed by atoms with Crippen LogP contribution in [0.5, 0.6) is 0 Å². The predicted octanol–water partition coefficient (Wildman–Crippen LogP) is 3.82. The number of aromatic amines is 1. The zero-order valence-electron chi connectivity index (χ0n) is 16.6. The molecule has 0 bridgehead atoms. The Bertz CT molecular complexity index is 1200. The molecule has 3 aromatic rings. The van der Waals surface area contributed by atoms with E-state index < -0.39 is 5.56 Å². The molecule has 0 saturated heterocycles. The van der Waals surface area contributed by atoms with Crippen molar-refractivity contribution in [2.45, 2.75) is 19.4 Å². The number of hydrogen-bond donors (Lipinski definition) is 2. The van der Waals surface area contributed by atoms with Gasteiger partial charge in [-0.05, 0) is 36.5 Å².